The molecular weight excluding hydrogens is 270 g/mol. The van der Waals surface area contributed by atoms with Crippen LogP contribution in [0.2, 0.25) is 0 Å². The minimum atomic E-state index is 0.397. The SMILES string of the molecule is C[C@H]1CC(N[C@H](C)c2ccccc2)c2ccsc2S1. The van der Waals surface area contributed by atoms with E-state index in [1.54, 1.807) is 0 Å². The van der Waals surface area contributed by atoms with Crippen molar-refractivity contribution in [1.82, 2.24) is 5.32 Å². The fourth-order valence-electron chi connectivity index (χ4n) is 2.65. The van der Waals surface area contributed by atoms with Gasteiger partial charge in [0.05, 0.1) is 4.21 Å². The van der Waals surface area contributed by atoms with E-state index in [1.807, 2.05) is 23.1 Å². The van der Waals surface area contributed by atoms with Crippen molar-refractivity contribution in [1.29, 1.82) is 0 Å². The highest BCUT2D eigenvalue weighted by atomic mass is 32.2. The summed E-state index contributed by atoms with van der Waals surface area (Å²) in [6.07, 6.45) is 1.21. The molecule has 1 aliphatic heterocycles. The van der Waals surface area contributed by atoms with Gasteiger partial charge in [-0.05, 0) is 35.9 Å². The van der Waals surface area contributed by atoms with Gasteiger partial charge in [0, 0.05) is 17.3 Å². The maximum absolute atomic E-state index is 3.80. The summed E-state index contributed by atoms with van der Waals surface area (Å²) >= 11 is 3.90. The monoisotopic (exact) mass is 289 g/mol. The molecule has 0 amide bonds. The molecule has 1 nitrogen and oxygen atoms in total. The summed E-state index contributed by atoms with van der Waals surface area (Å²) in [6.45, 7) is 4.59. The summed E-state index contributed by atoms with van der Waals surface area (Å²) in [7, 11) is 0. The van der Waals surface area contributed by atoms with E-state index in [2.05, 4.69) is 60.9 Å². The van der Waals surface area contributed by atoms with Crippen LogP contribution in [0.5, 0.6) is 0 Å². The fraction of sp³-hybridized carbons (Fsp3) is 0.375. The molecule has 0 bridgehead atoms. The standard InChI is InChI=1S/C16H19NS2/c1-11-10-15(14-8-9-18-16(14)19-11)17-12(2)13-6-4-3-5-7-13/h3-9,11-12,15,17H,10H2,1-2H3/t11-,12+,15?/m0/s1. The van der Waals surface area contributed by atoms with Gasteiger partial charge < -0.3 is 5.32 Å². The first-order valence-electron chi connectivity index (χ1n) is 6.79. The predicted molar refractivity (Wildman–Crippen MR) is 85.0 cm³/mol. The van der Waals surface area contributed by atoms with Crippen LogP contribution in [-0.2, 0) is 0 Å². The Bertz CT molecular complexity index is 535. The normalized spacial score (nSPS) is 23.9. The van der Waals surface area contributed by atoms with Crippen LogP contribution < -0.4 is 5.32 Å². The second-order valence-corrected chi connectivity index (χ2v) is 7.80. The molecule has 0 fully saturated rings. The molecule has 19 heavy (non-hydrogen) atoms. The van der Waals surface area contributed by atoms with Crippen molar-refractivity contribution < 1.29 is 0 Å². The largest absolute Gasteiger partial charge is 0.303 e. The third kappa shape index (κ3) is 2.88. The average molecular weight is 289 g/mol. The molecule has 1 unspecified atom stereocenters. The quantitative estimate of drug-likeness (QED) is 0.851. The Labute approximate surface area is 123 Å². The highest BCUT2D eigenvalue weighted by Gasteiger charge is 2.27. The summed E-state index contributed by atoms with van der Waals surface area (Å²) in [6, 6.07) is 13.9. The highest BCUT2D eigenvalue weighted by molar-refractivity contribution is 8.01. The second kappa shape index (κ2) is 5.70. The van der Waals surface area contributed by atoms with Gasteiger partial charge in [-0.15, -0.1) is 23.1 Å². The molecule has 0 saturated heterocycles. The third-order valence-electron chi connectivity index (χ3n) is 3.66. The maximum atomic E-state index is 3.80. The predicted octanol–water partition coefficient (Wildman–Crippen LogP) is 5.02. The van der Waals surface area contributed by atoms with Crippen LogP contribution in [0.3, 0.4) is 0 Å². The molecule has 3 rings (SSSR count). The first-order chi connectivity index (χ1) is 9.24. The lowest BCUT2D eigenvalue weighted by molar-refractivity contribution is 0.435. The lowest BCUT2D eigenvalue weighted by Gasteiger charge is -2.30. The Morgan fingerprint density at radius 2 is 2.00 bits per heavy atom. The second-order valence-electron chi connectivity index (χ2n) is 5.18. The van der Waals surface area contributed by atoms with E-state index in [-0.39, 0.29) is 0 Å². The summed E-state index contributed by atoms with van der Waals surface area (Å²) in [5, 5.41) is 6.72. The van der Waals surface area contributed by atoms with Crippen LogP contribution in [0, 0.1) is 0 Å². The van der Waals surface area contributed by atoms with Gasteiger partial charge in [0.2, 0.25) is 0 Å². The molecule has 100 valence electrons. The van der Waals surface area contributed by atoms with Crippen LogP contribution in [0.1, 0.15) is 43.5 Å². The number of thiophene rings is 1. The van der Waals surface area contributed by atoms with Crippen molar-refractivity contribution >= 4 is 23.1 Å². The Hall–Kier alpha value is -0.770. The van der Waals surface area contributed by atoms with Gasteiger partial charge in [-0.1, -0.05) is 37.3 Å². The van der Waals surface area contributed by atoms with Gasteiger partial charge in [0.15, 0.2) is 0 Å². The molecule has 0 saturated carbocycles. The molecule has 0 radical (unpaired) electrons. The molecule has 0 aliphatic carbocycles. The van der Waals surface area contributed by atoms with Gasteiger partial charge >= 0.3 is 0 Å². The number of thioether (sulfide) groups is 1. The Kier molecular flexibility index (Phi) is 3.96. The van der Waals surface area contributed by atoms with Gasteiger partial charge in [-0.2, -0.15) is 0 Å². The van der Waals surface area contributed by atoms with Crippen LogP contribution in [-0.4, -0.2) is 5.25 Å². The van der Waals surface area contributed by atoms with Gasteiger partial charge in [-0.25, -0.2) is 0 Å². The number of hydrogen-bond donors (Lipinski definition) is 1. The van der Waals surface area contributed by atoms with Crippen molar-refractivity contribution in [2.45, 2.75) is 41.8 Å². The topological polar surface area (TPSA) is 12.0 Å². The van der Waals surface area contributed by atoms with Crippen LogP contribution in [0.25, 0.3) is 0 Å². The van der Waals surface area contributed by atoms with Crippen LogP contribution in [0.15, 0.2) is 46.0 Å². The number of nitrogens with one attached hydrogen (secondary N) is 1. The molecule has 1 N–H and O–H groups in total. The van der Waals surface area contributed by atoms with Crippen molar-refractivity contribution in [2.75, 3.05) is 0 Å². The number of benzene rings is 1. The zero-order valence-corrected chi connectivity index (χ0v) is 12.9. The van der Waals surface area contributed by atoms with Crippen molar-refractivity contribution in [3.63, 3.8) is 0 Å². The van der Waals surface area contributed by atoms with Crippen molar-refractivity contribution in [2.24, 2.45) is 0 Å². The minimum absolute atomic E-state index is 0.397. The molecule has 3 heteroatoms. The molecule has 2 aromatic rings. The molecule has 0 spiro atoms. The van der Waals surface area contributed by atoms with Crippen LogP contribution in [0.4, 0.5) is 0 Å². The van der Waals surface area contributed by atoms with E-state index >= 15 is 0 Å². The van der Waals surface area contributed by atoms with Crippen molar-refractivity contribution in [3.05, 3.63) is 52.9 Å². The van der Waals surface area contributed by atoms with E-state index in [9.17, 15) is 0 Å². The number of hydrogen-bond acceptors (Lipinski definition) is 3. The Morgan fingerprint density at radius 1 is 1.21 bits per heavy atom. The average Bonchev–Trinajstić information content (AvgIpc) is 2.88. The molecule has 1 aliphatic rings. The highest BCUT2D eigenvalue weighted by Crippen LogP contribution is 2.44. The van der Waals surface area contributed by atoms with Crippen LogP contribution >= 0.6 is 23.1 Å². The molecule has 1 aromatic heterocycles. The molecule has 2 heterocycles. The Morgan fingerprint density at radius 3 is 2.79 bits per heavy atom. The lowest BCUT2D eigenvalue weighted by Crippen LogP contribution is -2.28. The Balaban J connectivity index is 1.77. The summed E-state index contributed by atoms with van der Waals surface area (Å²) in [5.74, 6) is 0. The van der Waals surface area contributed by atoms with E-state index in [1.165, 1.54) is 21.8 Å². The third-order valence-corrected chi connectivity index (χ3v) is 6.00. The van der Waals surface area contributed by atoms with E-state index in [4.69, 9.17) is 0 Å². The first kappa shape index (κ1) is 13.2. The smallest absolute Gasteiger partial charge is 0.0649 e. The van der Waals surface area contributed by atoms with Gasteiger partial charge in [0.25, 0.3) is 0 Å². The fourth-order valence-corrected chi connectivity index (χ4v) is 5.21. The maximum Gasteiger partial charge on any atom is 0.0649 e. The molecule has 1 aromatic carbocycles. The van der Waals surface area contributed by atoms with Gasteiger partial charge in [-0.3, -0.25) is 0 Å². The zero-order chi connectivity index (χ0) is 13.2. The molecular formula is C16H19NS2. The molecule has 3 atom stereocenters. The first-order valence-corrected chi connectivity index (χ1v) is 8.55. The van der Waals surface area contributed by atoms with E-state index < -0.39 is 0 Å². The van der Waals surface area contributed by atoms with Gasteiger partial charge in [0.1, 0.15) is 0 Å². The minimum Gasteiger partial charge on any atom is -0.303 e. The summed E-state index contributed by atoms with van der Waals surface area (Å²) in [4.78, 5) is 0. The van der Waals surface area contributed by atoms with E-state index in [0.717, 1.165) is 0 Å². The number of rotatable bonds is 3. The summed E-state index contributed by atoms with van der Waals surface area (Å²) in [5.41, 5.74) is 2.86. The number of fused-ring (bicyclic) bond motifs is 1. The summed E-state index contributed by atoms with van der Waals surface area (Å²) < 4.78 is 1.50. The van der Waals surface area contributed by atoms with E-state index in [0.29, 0.717) is 17.3 Å². The zero-order valence-electron chi connectivity index (χ0n) is 11.3. The van der Waals surface area contributed by atoms with Crippen molar-refractivity contribution in [3.8, 4) is 0 Å². The lowest BCUT2D eigenvalue weighted by atomic mass is 10.0.